The van der Waals surface area contributed by atoms with E-state index < -0.39 is 0 Å². The van der Waals surface area contributed by atoms with Gasteiger partial charge in [0.25, 0.3) is 5.91 Å². The van der Waals surface area contributed by atoms with Gasteiger partial charge in [0.15, 0.2) is 0 Å². The predicted molar refractivity (Wildman–Crippen MR) is 100 cm³/mol. The van der Waals surface area contributed by atoms with Crippen molar-refractivity contribution in [1.82, 2.24) is 4.90 Å². The first-order chi connectivity index (χ1) is 11.5. The summed E-state index contributed by atoms with van der Waals surface area (Å²) in [7, 11) is 2.16. The molecule has 1 amide bonds. The summed E-state index contributed by atoms with van der Waals surface area (Å²) in [6.45, 7) is 8.33. The van der Waals surface area contributed by atoms with E-state index in [9.17, 15) is 4.79 Å². The van der Waals surface area contributed by atoms with Gasteiger partial charge >= 0.3 is 0 Å². The van der Waals surface area contributed by atoms with Crippen molar-refractivity contribution in [2.75, 3.05) is 43.4 Å². The van der Waals surface area contributed by atoms with E-state index in [1.807, 2.05) is 44.2 Å². The molecule has 4 heteroatoms. The molecule has 3 rings (SSSR count). The second kappa shape index (κ2) is 7.05. The number of rotatable bonds is 3. The van der Waals surface area contributed by atoms with Gasteiger partial charge in [0, 0.05) is 43.1 Å². The number of hydrogen-bond donors (Lipinski definition) is 1. The molecule has 1 fully saturated rings. The Hall–Kier alpha value is -2.33. The molecule has 1 N–H and O–H groups in total. The lowest BCUT2D eigenvalue weighted by atomic mass is 10.1. The van der Waals surface area contributed by atoms with Crippen molar-refractivity contribution in [2.45, 2.75) is 13.8 Å². The maximum absolute atomic E-state index is 12.4. The number of nitrogens with zero attached hydrogens (tertiary/aromatic N) is 2. The van der Waals surface area contributed by atoms with Gasteiger partial charge in [0.05, 0.1) is 0 Å². The molecule has 0 bridgehead atoms. The minimum atomic E-state index is -0.0644. The predicted octanol–water partition coefficient (Wildman–Crippen LogP) is 3.31. The zero-order chi connectivity index (χ0) is 17.1. The molecular formula is C20H25N3O. The van der Waals surface area contributed by atoms with Crippen LogP contribution in [-0.2, 0) is 0 Å². The van der Waals surface area contributed by atoms with Gasteiger partial charge in [0.1, 0.15) is 0 Å². The summed E-state index contributed by atoms with van der Waals surface area (Å²) in [4.78, 5) is 17.1. The molecule has 0 unspecified atom stereocenters. The summed E-state index contributed by atoms with van der Waals surface area (Å²) in [5.41, 5.74) is 5.03. The second-order valence-electron chi connectivity index (χ2n) is 6.61. The quantitative estimate of drug-likeness (QED) is 0.941. The zero-order valence-corrected chi connectivity index (χ0v) is 14.7. The summed E-state index contributed by atoms with van der Waals surface area (Å²) < 4.78 is 0. The molecular weight excluding hydrogens is 298 g/mol. The van der Waals surface area contributed by atoms with Crippen LogP contribution in [0.15, 0.2) is 42.5 Å². The fraction of sp³-hybridized carbons (Fsp3) is 0.350. The number of benzene rings is 2. The van der Waals surface area contributed by atoms with Crippen molar-refractivity contribution in [2.24, 2.45) is 0 Å². The molecule has 2 aromatic carbocycles. The fourth-order valence-corrected chi connectivity index (χ4v) is 2.95. The van der Waals surface area contributed by atoms with Gasteiger partial charge in [-0.25, -0.2) is 0 Å². The molecule has 24 heavy (non-hydrogen) atoms. The van der Waals surface area contributed by atoms with Crippen LogP contribution in [0.25, 0.3) is 0 Å². The average Bonchev–Trinajstić information content (AvgIpc) is 2.58. The van der Waals surface area contributed by atoms with Gasteiger partial charge in [-0.15, -0.1) is 0 Å². The lowest BCUT2D eigenvalue weighted by molar-refractivity contribution is 0.102. The third-order valence-corrected chi connectivity index (χ3v) is 4.64. The van der Waals surface area contributed by atoms with Gasteiger partial charge in [-0.05, 0) is 56.8 Å². The maximum Gasteiger partial charge on any atom is 0.255 e. The standard InChI is InChI=1S/C20H25N3O/c1-15-4-6-17(7-5-15)20(24)21-19-9-8-18(14-16(19)2)23-12-10-22(3)11-13-23/h4-9,14H,10-13H2,1-3H3,(H,21,24). The molecule has 1 aliphatic rings. The van der Waals surface area contributed by atoms with Crippen LogP contribution in [0, 0.1) is 13.8 Å². The first-order valence-electron chi connectivity index (χ1n) is 8.45. The lowest BCUT2D eigenvalue weighted by Gasteiger charge is -2.34. The van der Waals surface area contributed by atoms with Gasteiger partial charge in [0.2, 0.25) is 0 Å². The number of likely N-dealkylation sites (N-methyl/N-ethyl adjacent to an activating group) is 1. The van der Waals surface area contributed by atoms with E-state index in [4.69, 9.17) is 0 Å². The van der Waals surface area contributed by atoms with Crippen molar-refractivity contribution in [1.29, 1.82) is 0 Å². The monoisotopic (exact) mass is 323 g/mol. The Morgan fingerprint density at radius 1 is 0.958 bits per heavy atom. The number of hydrogen-bond acceptors (Lipinski definition) is 3. The Bertz CT molecular complexity index is 716. The Kier molecular flexibility index (Phi) is 4.86. The fourth-order valence-electron chi connectivity index (χ4n) is 2.95. The number of carbonyl (C=O) groups is 1. The molecule has 126 valence electrons. The number of aryl methyl sites for hydroxylation is 2. The first-order valence-corrected chi connectivity index (χ1v) is 8.45. The molecule has 0 saturated carbocycles. The van der Waals surface area contributed by atoms with E-state index in [1.165, 1.54) is 5.69 Å². The highest BCUT2D eigenvalue weighted by Gasteiger charge is 2.15. The SMILES string of the molecule is Cc1ccc(C(=O)Nc2ccc(N3CCN(C)CC3)cc2C)cc1. The molecule has 4 nitrogen and oxygen atoms in total. The zero-order valence-electron chi connectivity index (χ0n) is 14.7. The molecule has 1 aliphatic heterocycles. The van der Waals surface area contributed by atoms with Crippen LogP contribution in [-0.4, -0.2) is 44.0 Å². The van der Waals surface area contributed by atoms with Crippen molar-refractivity contribution in [3.05, 3.63) is 59.2 Å². The largest absolute Gasteiger partial charge is 0.369 e. The molecule has 0 aliphatic carbocycles. The maximum atomic E-state index is 12.4. The van der Waals surface area contributed by atoms with Crippen LogP contribution in [0.3, 0.4) is 0 Å². The van der Waals surface area contributed by atoms with Gasteiger partial charge < -0.3 is 15.1 Å². The Labute approximate surface area is 144 Å². The van der Waals surface area contributed by atoms with E-state index >= 15 is 0 Å². The Morgan fingerprint density at radius 3 is 2.25 bits per heavy atom. The minimum Gasteiger partial charge on any atom is -0.369 e. The topological polar surface area (TPSA) is 35.6 Å². The third-order valence-electron chi connectivity index (χ3n) is 4.64. The van der Waals surface area contributed by atoms with Gasteiger partial charge in [-0.2, -0.15) is 0 Å². The smallest absolute Gasteiger partial charge is 0.255 e. The van der Waals surface area contributed by atoms with E-state index in [2.05, 4.69) is 34.3 Å². The van der Waals surface area contributed by atoms with Crippen LogP contribution in [0.1, 0.15) is 21.5 Å². The minimum absolute atomic E-state index is 0.0644. The van der Waals surface area contributed by atoms with Crippen LogP contribution in [0.4, 0.5) is 11.4 Å². The second-order valence-corrected chi connectivity index (χ2v) is 6.61. The van der Waals surface area contributed by atoms with Crippen molar-refractivity contribution >= 4 is 17.3 Å². The summed E-state index contributed by atoms with van der Waals surface area (Å²) >= 11 is 0. The highest BCUT2D eigenvalue weighted by atomic mass is 16.1. The molecule has 0 aromatic heterocycles. The summed E-state index contributed by atoms with van der Waals surface area (Å²) in [6.07, 6.45) is 0. The summed E-state index contributed by atoms with van der Waals surface area (Å²) in [6, 6.07) is 13.9. The highest BCUT2D eigenvalue weighted by Crippen LogP contribution is 2.24. The van der Waals surface area contributed by atoms with Gasteiger partial charge in [-0.3, -0.25) is 4.79 Å². The molecule has 1 heterocycles. The van der Waals surface area contributed by atoms with Crippen molar-refractivity contribution < 1.29 is 4.79 Å². The van der Waals surface area contributed by atoms with E-state index in [1.54, 1.807) is 0 Å². The van der Waals surface area contributed by atoms with Crippen LogP contribution >= 0.6 is 0 Å². The number of anilines is 2. The van der Waals surface area contributed by atoms with Crippen LogP contribution in [0.5, 0.6) is 0 Å². The van der Waals surface area contributed by atoms with E-state index in [0.29, 0.717) is 5.56 Å². The molecule has 0 spiro atoms. The average molecular weight is 323 g/mol. The van der Waals surface area contributed by atoms with E-state index in [0.717, 1.165) is 43.0 Å². The molecule has 1 saturated heterocycles. The lowest BCUT2D eigenvalue weighted by Crippen LogP contribution is -2.44. The first kappa shape index (κ1) is 16.5. The number of amides is 1. The molecule has 2 aromatic rings. The van der Waals surface area contributed by atoms with Crippen molar-refractivity contribution in [3.63, 3.8) is 0 Å². The Balaban J connectivity index is 1.70. The number of nitrogens with one attached hydrogen (secondary N) is 1. The van der Waals surface area contributed by atoms with Crippen molar-refractivity contribution in [3.8, 4) is 0 Å². The summed E-state index contributed by atoms with van der Waals surface area (Å²) in [5, 5.41) is 3.02. The van der Waals surface area contributed by atoms with Crippen LogP contribution < -0.4 is 10.2 Å². The highest BCUT2D eigenvalue weighted by molar-refractivity contribution is 6.04. The number of piperazine rings is 1. The molecule has 0 radical (unpaired) electrons. The normalized spacial score (nSPS) is 15.4. The number of carbonyl (C=O) groups excluding carboxylic acids is 1. The third kappa shape index (κ3) is 3.77. The Morgan fingerprint density at radius 2 is 1.62 bits per heavy atom. The van der Waals surface area contributed by atoms with Gasteiger partial charge in [-0.1, -0.05) is 17.7 Å². The summed E-state index contributed by atoms with van der Waals surface area (Å²) in [5.74, 6) is -0.0644. The van der Waals surface area contributed by atoms with Crippen LogP contribution in [0.2, 0.25) is 0 Å². The van der Waals surface area contributed by atoms with E-state index in [-0.39, 0.29) is 5.91 Å². The molecule has 0 atom stereocenters.